The van der Waals surface area contributed by atoms with Crippen LogP contribution >= 0.6 is 24.0 Å². The first kappa shape index (κ1) is 22.1. The summed E-state index contributed by atoms with van der Waals surface area (Å²) in [4.78, 5) is 17.9. The van der Waals surface area contributed by atoms with Crippen LogP contribution in [0.15, 0.2) is 23.5 Å². The second-order valence-corrected chi connectivity index (χ2v) is 6.96. The van der Waals surface area contributed by atoms with Crippen LogP contribution < -0.4 is 16.0 Å². The number of hydrogen-bond acceptors (Lipinski definition) is 6. The van der Waals surface area contributed by atoms with Crippen molar-refractivity contribution in [1.29, 1.82) is 0 Å². The number of anilines is 1. The first-order chi connectivity index (χ1) is 12.8. The van der Waals surface area contributed by atoms with Gasteiger partial charge in [-0.3, -0.25) is 9.89 Å². The summed E-state index contributed by atoms with van der Waals surface area (Å²) >= 11 is 0. The topological polar surface area (TPSA) is 91.9 Å². The number of piperidine rings is 1. The summed E-state index contributed by atoms with van der Waals surface area (Å²) in [6.45, 7) is 8.43. The summed E-state index contributed by atoms with van der Waals surface area (Å²) in [5.41, 5.74) is 6.02. The molecule has 0 spiro atoms. The zero-order chi connectivity index (χ0) is 18.0. The van der Waals surface area contributed by atoms with E-state index in [1.165, 1.54) is 6.42 Å². The molecule has 9 heteroatoms. The van der Waals surface area contributed by atoms with Gasteiger partial charge < -0.3 is 20.7 Å². The van der Waals surface area contributed by atoms with Gasteiger partial charge in [0.15, 0.2) is 5.96 Å². The monoisotopic (exact) mass is 489 g/mol. The molecule has 0 saturated carbocycles. The molecule has 3 N–H and O–H groups in total. The highest BCUT2D eigenvalue weighted by molar-refractivity contribution is 14.0. The molecule has 1 atom stereocenters. The average Bonchev–Trinajstić information content (AvgIpc) is 2.71. The van der Waals surface area contributed by atoms with Crippen molar-refractivity contribution in [1.82, 2.24) is 20.2 Å². The maximum Gasteiger partial charge on any atom is 0.225 e. The zero-order valence-corrected chi connectivity index (χ0v) is 18.3. The number of nitrogens with one attached hydrogen (secondary N) is 1. The fraction of sp³-hybridized carbons (Fsp3) is 0.722. The van der Waals surface area contributed by atoms with E-state index >= 15 is 0 Å². The summed E-state index contributed by atoms with van der Waals surface area (Å²) in [6.07, 6.45) is 6.98. The van der Waals surface area contributed by atoms with Gasteiger partial charge in [0.25, 0.3) is 0 Å². The predicted octanol–water partition coefficient (Wildman–Crippen LogP) is 0.938. The summed E-state index contributed by atoms with van der Waals surface area (Å²) < 4.78 is 5.36. The zero-order valence-electron chi connectivity index (χ0n) is 15.9. The molecular formula is C18H32IN7O. The van der Waals surface area contributed by atoms with Crippen LogP contribution in [0.5, 0.6) is 0 Å². The molecule has 1 aromatic heterocycles. The Labute approximate surface area is 179 Å². The predicted molar refractivity (Wildman–Crippen MR) is 119 cm³/mol. The van der Waals surface area contributed by atoms with Crippen LogP contribution in [0.25, 0.3) is 0 Å². The van der Waals surface area contributed by atoms with Gasteiger partial charge in [-0.15, -0.1) is 24.0 Å². The van der Waals surface area contributed by atoms with Crippen LogP contribution in [0.1, 0.15) is 19.3 Å². The number of guanidine groups is 1. The van der Waals surface area contributed by atoms with E-state index in [0.29, 0.717) is 11.9 Å². The number of morpholine rings is 1. The second kappa shape index (κ2) is 12.3. The van der Waals surface area contributed by atoms with Crippen molar-refractivity contribution in [3.63, 3.8) is 0 Å². The number of rotatable bonds is 7. The molecule has 3 heterocycles. The van der Waals surface area contributed by atoms with Gasteiger partial charge in [-0.05, 0) is 37.8 Å². The highest BCUT2D eigenvalue weighted by atomic mass is 127. The van der Waals surface area contributed by atoms with Crippen molar-refractivity contribution in [2.24, 2.45) is 16.6 Å². The van der Waals surface area contributed by atoms with Gasteiger partial charge in [0, 0.05) is 51.7 Å². The molecule has 1 aromatic rings. The third-order valence-electron chi connectivity index (χ3n) is 4.93. The van der Waals surface area contributed by atoms with E-state index in [9.17, 15) is 0 Å². The summed E-state index contributed by atoms with van der Waals surface area (Å²) in [5, 5.41) is 3.24. The number of halogens is 1. The van der Waals surface area contributed by atoms with Gasteiger partial charge in [-0.25, -0.2) is 9.97 Å². The molecule has 0 radical (unpaired) electrons. The molecule has 2 saturated heterocycles. The molecule has 0 aliphatic carbocycles. The highest BCUT2D eigenvalue weighted by Crippen LogP contribution is 2.20. The van der Waals surface area contributed by atoms with E-state index in [0.717, 1.165) is 77.8 Å². The third-order valence-corrected chi connectivity index (χ3v) is 4.93. The number of hydrogen-bond donors (Lipinski definition) is 2. The number of nitrogens with zero attached hydrogens (tertiary/aromatic N) is 5. The maximum absolute atomic E-state index is 6.02. The van der Waals surface area contributed by atoms with E-state index in [1.807, 2.05) is 6.07 Å². The Morgan fingerprint density at radius 1 is 1.26 bits per heavy atom. The lowest BCUT2D eigenvalue weighted by Crippen LogP contribution is -2.40. The summed E-state index contributed by atoms with van der Waals surface area (Å²) in [5.74, 6) is 1.87. The van der Waals surface area contributed by atoms with Crippen molar-refractivity contribution < 1.29 is 4.74 Å². The lowest BCUT2D eigenvalue weighted by atomic mass is 9.98. The van der Waals surface area contributed by atoms with Gasteiger partial charge >= 0.3 is 0 Å². The molecule has 2 fully saturated rings. The fourth-order valence-corrected chi connectivity index (χ4v) is 3.48. The summed E-state index contributed by atoms with van der Waals surface area (Å²) in [6, 6.07) is 1.85. The highest BCUT2D eigenvalue weighted by Gasteiger charge is 2.21. The van der Waals surface area contributed by atoms with Gasteiger partial charge in [0.05, 0.1) is 13.2 Å². The molecule has 152 valence electrons. The Morgan fingerprint density at radius 3 is 2.81 bits per heavy atom. The first-order valence-corrected chi connectivity index (χ1v) is 9.67. The lowest BCUT2D eigenvalue weighted by Gasteiger charge is -2.31. The number of aromatic nitrogens is 2. The van der Waals surface area contributed by atoms with E-state index in [2.05, 4.69) is 30.1 Å². The van der Waals surface area contributed by atoms with Crippen LogP contribution in [0, 0.1) is 5.92 Å². The Morgan fingerprint density at radius 2 is 2.04 bits per heavy atom. The van der Waals surface area contributed by atoms with Gasteiger partial charge in [0.1, 0.15) is 0 Å². The van der Waals surface area contributed by atoms with Gasteiger partial charge in [0.2, 0.25) is 5.95 Å². The smallest absolute Gasteiger partial charge is 0.225 e. The van der Waals surface area contributed by atoms with Crippen molar-refractivity contribution >= 4 is 35.9 Å². The van der Waals surface area contributed by atoms with Gasteiger partial charge in [-0.2, -0.15) is 0 Å². The van der Waals surface area contributed by atoms with Crippen LogP contribution in [0.3, 0.4) is 0 Å². The fourth-order valence-electron chi connectivity index (χ4n) is 3.48. The van der Waals surface area contributed by atoms with E-state index in [-0.39, 0.29) is 24.0 Å². The number of aliphatic imine (C=N–C) groups is 1. The third kappa shape index (κ3) is 7.74. The normalized spacial score (nSPS) is 21.6. The SMILES string of the molecule is I.NC(=NCC1CCCN(c2ncccn2)C1)NCCCN1CCOCC1. The molecule has 1 unspecified atom stereocenters. The summed E-state index contributed by atoms with van der Waals surface area (Å²) in [7, 11) is 0. The number of ether oxygens (including phenoxy) is 1. The molecule has 3 rings (SSSR count). The molecule has 0 amide bonds. The molecule has 2 aliphatic rings. The Hall–Kier alpha value is -1.20. The minimum Gasteiger partial charge on any atom is -0.379 e. The molecule has 2 aliphatic heterocycles. The minimum atomic E-state index is 0. The van der Waals surface area contributed by atoms with Crippen molar-refractivity contribution in [2.75, 3.05) is 63.9 Å². The van der Waals surface area contributed by atoms with Crippen LogP contribution in [-0.4, -0.2) is 79.9 Å². The standard InChI is InChI=1S/C18H31N7O.HI/c19-17(20-7-3-8-24-10-12-26-13-11-24)23-14-16-4-1-9-25(15-16)18-21-5-2-6-22-18;/h2,5-6,16H,1,3-4,7-15H2,(H3,19,20,23);1H. The molecular weight excluding hydrogens is 457 g/mol. The Balaban J connectivity index is 0.00000261. The second-order valence-electron chi connectivity index (χ2n) is 6.96. The van der Waals surface area contributed by atoms with E-state index in [4.69, 9.17) is 10.5 Å². The quantitative estimate of drug-likeness (QED) is 0.255. The van der Waals surface area contributed by atoms with E-state index < -0.39 is 0 Å². The minimum absolute atomic E-state index is 0. The Bertz CT molecular complexity index is 554. The van der Waals surface area contributed by atoms with Crippen molar-refractivity contribution in [3.8, 4) is 0 Å². The largest absolute Gasteiger partial charge is 0.379 e. The van der Waals surface area contributed by atoms with Crippen LogP contribution in [0.4, 0.5) is 5.95 Å². The molecule has 0 aromatic carbocycles. The van der Waals surface area contributed by atoms with Crippen LogP contribution in [0.2, 0.25) is 0 Å². The van der Waals surface area contributed by atoms with Crippen molar-refractivity contribution in [2.45, 2.75) is 19.3 Å². The van der Waals surface area contributed by atoms with Gasteiger partial charge in [-0.1, -0.05) is 0 Å². The molecule has 27 heavy (non-hydrogen) atoms. The molecule has 0 bridgehead atoms. The Kier molecular flexibility index (Phi) is 10.1. The van der Waals surface area contributed by atoms with Crippen LogP contribution in [-0.2, 0) is 4.74 Å². The molecule has 8 nitrogen and oxygen atoms in total. The van der Waals surface area contributed by atoms with Crippen molar-refractivity contribution in [3.05, 3.63) is 18.5 Å². The lowest BCUT2D eigenvalue weighted by molar-refractivity contribution is 0.0376. The number of nitrogens with two attached hydrogens (primary N) is 1. The average molecular weight is 489 g/mol. The van der Waals surface area contributed by atoms with E-state index in [1.54, 1.807) is 12.4 Å². The first-order valence-electron chi connectivity index (χ1n) is 9.67. The maximum atomic E-state index is 6.02.